The molecule has 2 saturated heterocycles. The SMILES string of the molecule is Cc1nnc(N2C[C@@H]3CN(C)[C@@H](c4ccccc4)[C@@H]3C2)o1.Cl. The number of aromatic nitrogens is 2. The van der Waals surface area contributed by atoms with Gasteiger partial charge in [-0.1, -0.05) is 35.4 Å². The molecule has 1 aromatic carbocycles. The van der Waals surface area contributed by atoms with E-state index in [0.717, 1.165) is 19.6 Å². The van der Waals surface area contributed by atoms with Crippen LogP contribution in [0.4, 0.5) is 6.01 Å². The van der Waals surface area contributed by atoms with E-state index in [4.69, 9.17) is 4.42 Å². The second-order valence-corrected chi connectivity index (χ2v) is 6.23. The second-order valence-electron chi connectivity index (χ2n) is 6.23. The van der Waals surface area contributed by atoms with Crippen LogP contribution in [0.15, 0.2) is 34.7 Å². The maximum atomic E-state index is 5.59. The van der Waals surface area contributed by atoms with Crippen molar-refractivity contribution in [2.24, 2.45) is 11.8 Å². The molecule has 0 saturated carbocycles. The highest BCUT2D eigenvalue weighted by molar-refractivity contribution is 5.85. The summed E-state index contributed by atoms with van der Waals surface area (Å²) < 4.78 is 5.59. The van der Waals surface area contributed by atoms with Gasteiger partial charge >= 0.3 is 6.01 Å². The van der Waals surface area contributed by atoms with Crippen LogP contribution in [0.25, 0.3) is 0 Å². The molecule has 2 aliphatic rings. The van der Waals surface area contributed by atoms with Crippen LogP contribution < -0.4 is 4.90 Å². The zero-order valence-corrected chi connectivity index (χ0v) is 13.7. The summed E-state index contributed by atoms with van der Waals surface area (Å²) in [5.41, 5.74) is 1.41. The first kappa shape index (κ1) is 15.3. The van der Waals surface area contributed by atoms with E-state index < -0.39 is 0 Å². The van der Waals surface area contributed by atoms with Gasteiger partial charge in [0.15, 0.2) is 0 Å². The Hall–Kier alpha value is -1.59. The third kappa shape index (κ3) is 2.48. The van der Waals surface area contributed by atoms with E-state index in [9.17, 15) is 0 Å². The molecule has 22 heavy (non-hydrogen) atoms. The van der Waals surface area contributed by atoms with Crippen molar-refractivity contribution in [3.8, 4) is 0 Å². The number of nitrogens with zero attached hydrogens (tertiary/aromatic N) is 4. The fourth-order valence-electron chi connectivity index (χ4n) is 3.98. The minimum absolute atomic E-state index is 0. The molecule has 0 bridgehead atoms. The van der Waals surface area contributed by atoms with E-state index >= 15 is 0 Å². The molecule has 118 valence electrons. The lowest BCUT2D eigenvalue weighted by atomic mass is 9.90. The van der Waals surface area contributed by atoms with Crippen LogP contribution in [-0.4, -0.2) is 41.8 Å². The Morgan fingerprint density at radius 1 is 1.09 bits per heavy atom. The highest BCUT2D eigenvalue weighted by Crippen LogP contribution is 2.44. The van der Waals surface area contributed by atoms with E-state index in [1.54, 1.807) is 0 Å². The first-order valence-electron chi connectivity index (χ1n) is 7.52. The molecule has 0 amide bonds. The fraction of sp³-hybridized carbons (Fsp3) is 0.500. The van der Waals surface area contributed by atoms with Crippen molar-refractivity contribution in [1.29, 1.82) is 0 Å². The van der Waals surface area contributed by atoms with Gasteiger partial charge in [-0.25, -0.2) is 0 Å². The summed E-state index contributed by atoms with van der Waals surface area (Å²) in [5.74, 6) is 1.94. The minimum atomic E-state index is 0. The molecule has 0 radical (unpaired) electrons. The van der Waals surface area contributed by atoms with E-state index in [2.05, 4.69) is 57.4 Å². The molecule has 3 heterocycles. The molecule has 1 aromatic heterocycles. The summed E-state index contributed by atoms with van der Waals surface area (Å²) in [6, 6.07) is 12.0. The standard InChI is InChI=1S/C16H20N4O.ClH/c1-11-17-18-16(21-11)20-9-13-8-19(2)15(14(13)10-20)12-6-4-3-5-7-12;/h3-7,13-15H,8-10H2,1-2H3;1H/t13-,14+,15-;/m0./s1. The Morgan fingerprint density at radius 3 is 2.55 bits per heavy atom. The van der Waals surface area contributed by atoms with Crippen molar-refractivity contribution < 1.29 is 4.42 Å². The molecule has 5 nitrogen and oxygen atoms in total. The largest absolute Gasteiger partial charge is 0.408 e. The summed E-state index contributed by atoms with van der Waals surface area (Å²) in [6.07, 6.45) is 0. The van der Waals surface area contributed by atoms with Gasteiger partial charge in [0, 0.05) is 38.5 Å². The van der Waals surface area contributed by atoms with Crippen molar-refractivity contribution in [3.05, 3.63) is 41.8 Å². The van der Waals surface area contributed by atoms with Crippen molar-refractivity contribution in [2.45, 2.75) is 13.0 Å². The highest BCUT2D eigenvalue weighted by atomic mass is 35.5. The number of hydrogen-bond acceptors (Lipinski definition) is 5. The zero-order valence-electron chi connectivity index (χ0n) is 12.8. The fourth-order valence-corrected chi connectivity index (χ4v) is 3.98. The summed E-state index contributed by atoms with van der Waals surface area (Å²) >= 11 is 0. The molecule has 0 N–H and O–H groups in total. The summed E-state index contributed by atoms with van der Waals surface area (Å²) in [5, 5.41) is 8.12. The summed E-state index contributed by atoms with van der Waals surface area (Å²) in [6.45, 7) is 4.98. The normalized spacial score (nSPS) is 27.7. The average Bonchev–Trinajstić information content (AvgIpc) is 3.13. The highest BCUT2D eigenvalue weighted by Gasteiger charge is 2.47. The number of rotatable bonds is 2. The van der Waals surface area contributed by atoms with Crippen LogP contribution in [0.1, 0.15) is 17.5 Å². The number of hydrogen-bond donors (Lipinski definition) is 0. The number of anilines is 1. The Kier molecular flexibility index (Phi) is 4.10. The molecule has 0 spiro atoms. The minimum Gasteiger partial charge on any atom is -0.408 e. The lowest BCUT2D eigenvalue weighted by Crippen LogP contribution is -2.29. The zero-order chi connectivity index (χ0) is 14.4. The van der Waals surface area contributed by atoms with Gasteiger partial charge in [-0.15, -0.1) is 17.5 Å². The van der Waals surface area contributed by atoms with Gasteiger partial charge in [-0.3, -0.25) is 4.90 Å². The summed E-state index contributed by atoms with van der Waals surface area (Å²) in [7, 11) is 2.23. The van der Waals surface area contributed by atoms with Crippen molar-refractivity contribution in [2.75, 3.05) is 31.6 Å². The molecule has 2 aliphatic heterocycles. The predicted octanol–water partition coefficient (Wildman–Crippen LogP) is 2.54. The Labute approximate surface area is 136 Å². The molecule has 6 heteroatoms. The van der Waals surface area contributed by atoms with E-state index in [1.807, 2.05) is 6.92 Å². The van der Waals surface area contributed by atoms with Crippen LogP contribution in [0.2, 0.25) is 0 Å². The van der Waals surface area contributed by atoms with Crippen LogP contribution in [0.3, 0.4) is 0 Å². The second kappa shape index (κ2) is 5.89. The average molecular weight is 321 g/mol. The van der Waals surface area contributed by atoms with Gasteiger partial charge in [0.2, 0.25) is 5.89 Å². The van der Waals surface area contributed by atoms with Gasteiger partial charge in [0.1, 0.15) is 0 Å². The maximum absolute atomic E-state index is 5.59. The maximum Gasteiger partial charge on any atom is 0.318 e. The molecular weight excluding hydrogens is 300 g/mol. The number of fused-ring (bicyclic) bond motifs is 1. The van der Waals surface area contributed by atoms with Crippen molar-refractivity contribution in [1.82, 2.24) is 15.1 Å². The van der Waals surface area contributed by atoms with Gasteiger partial charge in [-0.2, -0.15) is 0 Å². The predicted molar refractivity (Wildman–Crippen MR) is 87.3 cm³/mol. The molecule has 2 fully saturated rings. The number of aryl methyl sites for hydroxylation is 1. The molecule has 0 unspecified atom stereocenters. The summed E-state index contributed by atoms with van der Waals surface area (Å²) in [4.78, 5) is 4.74. The van der Waals surface area contributed by atoms with Crippen molar-refractivity contribution >= 4 is 18.4 Å². The van der Waals surface area contributed by atoms with Gasteiger partial charge in [0.05, 0.1) is 0 Å². The number of likely N-dealkylation sites (tertiary alicyclic amines) is 1. The monoisotopic (exact) mass is 320 g/mol. The van der Waals surface area contributed by atoms with Gasteiger partial charge < -0.3 is 9.32 Å². The van der Waals surface area contributed by atoms with Gasteiger partial charge in [0.25, 0.3) is 0 Å². The van der Waals surface area contributed by atoms with Crippen LogP contribution >= 0.6 is 12.4 Å². The Balaban J connectivity index is 0.00000144. The first-order chi connectivity index (χ1) is 10.2. The lowest BCUT2D eigenvalue weighted by molar-refractivity contribution is 0.278. The van der Waals surface area contributed by atoms with Crippen LogP contribution in [0, 0.1) is 18.8 Å². The third-order valence-electron chi connectivity index (χ3n) is 4.82. The topological polar surface area (TPSA) is 45.4 Å². The molecular formula is C16H21ClN4O. The lowest BCUT2D eigenvalue weighted by Gasteiger charge is -2.26. The number of benzene rings is 1. The first-order valence-corrected chi connectivity index (χ1v) is 7.52. The smallest absolute Gasteiger partial charge is 0.318 e. The third-order valence-corrected chi connectivity index (χ3v) is 4.82. The van der Waals surface area contributed by atoms with E-state index in [0.29, 0.717) is 29.8 Å². The molecule has 3 atom stereocenters. The van der Waals surface area contributed by atoms with E-state index in [1.165, 1.54) is 5.56 Å². The van der Waals surface area contributed by atoms with Gasteiger partial charge in [-0.05, 0) is 18.5 Å². The van der Waals surface area contributed by atoms with Crippen LogP contribution in [0.5, 0.6) is 0 Å². The quantitative estimate of drug-likeness (QED) is 0.851. The van der Waals surface area contributed by atoms with Crippen molar-refractivity contribution in [3.63, 3.8) is 0 Å². The van der Waals surface area contributed by atoms with E-state index in [-0.39, 0.29) is 12.4 Å². The molecule has 2 aromatic rings. The molecule has 0 aliphatic carbocycles. The Bertz CT molecular complexity index is 632. The van der Waals surface area contributed by atoms with Crippen LogP contribution in [-0.2, 0) is 0 Å². The molecule has 4 rings (SSSR count). The Morgan fingerprint density at radius 2 is 1.86 bits per heavy atom. The number of halogens is 1.